The topological polar surface area (TPSA) is 36.4 Å². The number of rotatable bonds is 8. The zero-order valence-electron chi connectivity index (χ0n) is 17.3. The van der Waals surface area contributed by atoms with Crippen LogP contribution in [0.5, 0.6) is 0 Å². The van der Waals surface area contributed by atoms with Crippen molar-refractivity contribution in [2.75, 3.05) is 38.3 Å². The Labute approximate surface area is 187 Å². The fourth-order valence-corrected chi connectivity index (χ4v) is 4.56. The maximum Gasteiger partial charge on any atom is 0.260 e. The molecule has 0 unspecified atom stereocenters. The fourth-order valence-electron chi connectivity index (χ4n) is 3.11. The van der Waals surface area contributed by atoms with Gasteiger partial charge in [0.25, 0.3) is 5.91 Å². The maximum atomic E-state index is 13.3. The zero-order valence-corrected chi connectivity index (χ0v) is 19.8. The van der Waals surface area contributed by atoms with Crippen molar-refractivity contribution < 1.29 is 4.79 Å². The number of hydrogen-bond donors (Lipinski definition) is 0. The molecule has 1 amide bonds. The van der Waals surface area contributed by atoms with Crippen LogP contribution in [-0.2, 0) is 6.42 Å². The van der Waals surface area contributed by atoms with Crippen LogP contribution in [0.15, 0.2) is 47.4 Å². The molecule has 0 spiro atoms. The molecule has 2 aromatic carbocycles. The van der Waals surface area contributed by atoms with E-state index in [0.717, 1.165) is 39.6 Å². The van der Waals surface area contributed by atoms with Gasteiger partial charge in [-0.1, -0.05) is 30.4 Å². The highest BCUT2D eigenvalue weighted by Gasteiger charge is 2.21. The fraction of sp³-hybridized carbons (Fsp3) is 0.364. The standard InChI is InChI=1S/C22H27N3OS2.ClH/c1-5-16-8-6-9-19-20(16)23-22(28-19)25(15-7-14-24(2)3)21(26)17-10-12-18(27-4)13-11-17;/h6,8-13H,5,7,14-15H2,1-4H3;1H. The number of anilines is 1. The second-order valence-corrected chi connectivity index (χ2v) is 8.84. The molecule has 0 atom stereocenters. The Hall–Kier alpha value is -1.60. The summed E-state index contributed by atoms with van der Waals surface area (Å²) in [6, 6.07) is 14.1. The van der Waals surface area contributed by atoms with E-state index in [1.165, 1.54) is 5.56 Å². The molecule has 0 bridgehead atoms. The van der Waals surface area contributed by atoms with Gasteiger partial charge < -0.3 is 4.90 Å². The van der Waals surface area contributed by atoms with Crippen molar-refractivity contribution >= 4 is 56.8 Å². The molecule has 1 heterocycles. The summed E-state index contributed by atoms with van der Waals surface area (Å²) in [5.41, 5.74) is 2.95. The number of carbonyl (C=O) groups excluding carboxylic acids is 1. The molecule has 4 nitrogen and oxygen atoms in total. The predicted octanol–water partition coefficient (Wildman–Crippen LogP) is 5.60. The number of carbonyl (C=O) groups is 1. The minimum Gasteiger partial charge on any atom is -0.309 e. The summed E-state index contributed by atoms with van der Waals surface area (Å²) < 4.78 is 1.14. The van der Waals surface area contributed by atoms with Crippen LogP contribution in [0.3, 0.4) is 0 Å². The number of amides is 1. The molecule has 3 aromatic rings. The number of nitrogens with zero attached hydrogens (tertiary/aromatic N) is 3. The highest BCUT2D eigenvalue weighted by atomic mass is 35.5. The molecular formula is C22H28ClN3OS2. The number of benzene rings is 2. The summed E-state index contributed by atoms with van der Waals surface area (Å²) in [6.45, 7) is 3.73. The third-order valence-corrected chi connectivity index (χ3v) is 6.46. The summed E-state index contributed by atoms with van der Waals surface area (Å²) >= 11 is 3.28. The highest BCUT2D eigenvalue weighted by molar-refractivity contribution is 7.98. The number of halogens is 1. The lowest BCUT2D eigenvalue weighted by atomic mass is 10.1. The van der Waals surface area contributed by atoms with Gasteiger partial charge in [-0.3, -0.25) is 9.69 Å². The minimum absolute atomic E-state index is 0. The molecule has 0 N–H and O–H groups in total. The van der Waals surface area contributed by atoms with Crippen LogP contribution in [0.1, 0.15) is 29.3 Å². The lowest BCUT2D eigenvalue weighted by Crippen LogP contribution is -2.33. The van der Waals surface area contributed by atoms with Crippen molar-refractivity contribution in [3.05, 3.63) is 53.6 Å². The third kappa shape index (κ3) is 5.72. The Morgan fingerprint density at radius 1 is 1.10 bits per heavy atom. The largest absolute Gasteiger partial charge is 0.309 e. The predicted molar refractivity (Wildman–Crippen MR) is 129 cm³/mol. The van der Waals surface area contributed by atoms with Gasteiger partial charge in [-0.05, 0) is 75.6 Å². The van der Waals surface area contributed by atoms with Gasteiger partial charge in [0.05, 0.1) is 10.2 Å². The molecule has 0 aliphatic carbocycles. The minimum atomic E-state index is 0. The van der Waals surface area contributed by atoms with E-state index in [2.05, 4.69) is 44.1 Å². The first-order valence-electron chi connectivity index (χ1n) is 9.52. The van der Waals surface area contributed by atoms with Crippen molar-refractivity contribution in [3.8, 4) is 0 Å². The number of hydrogen-bond acceptors (Lipinski definition) is 5. The van der Waals surface area contributed by atoms with Crippen LogP contribution < -0.4 is 4.90 Å². The Morgan fingerprint density at radius 3 is 2.45 bits per heavy atom. The van der Waals surface area contributed by atoms with Crippen LogP contribution in [-0.4, -0.2) is 49.2 Å². The van der Waals surface area contributed by atoms with Gasteiger partial charge in [0.2, 0.25) is 0 Å². The van der Waals surface area contributed by atoms with Crippen molar-refractivity contribution in [3.63, 3.8) is 0 Å². The van der Waals surface area contributed by atoms with Crippen LogP contribution >= 0.6 is 35.5 Å². The van der Waals surface area contributed by atoms with Crippen molar-refractivity contribution in [2.45, 2.75) is 24.7 Å². The molecule has 0 aliphatic heterocycles. The van der Waals surface area contributed by atoms with E-state index in [-0.39, 0.29) is 18.3 Å². The summed E-state index contributed by atoms with van der Waals surface area (Å²) in [4.78, 5) is 23.3. The van der Waals surface area contributed by atoms with E-state index in [0.29, 0.717) is 12.1 Å². The lowest BCUT2D eigenvalue weighted by Gasteiger charge is -2.21. The Kier molecular flexibility index (Phi) is 8.96. The monoisotopic (exact) mass is 449 g/mol. The molecule has 0 saturated carbocycles. The van der Waals surface area contributed by atoms with Crippen LogP contribution in [0.2, 0.25) is 0 Å². The molecule has 0 saturated heterocycles. The second-order valence-electron chi connectivity index (χ2n) is 6.96. The van der Waals surface area contributed by atoms with Crippen LogP contribution in [0.4, 0.5) is 5.13 Å². The Morgan fingerprint density at radius 2 is 1.83 bits per heavy atom. The zero-order chi connectivity index (χ0) is 20.1. The molecule has 29 heavy (non-hydrogen) atoms. The molecule has 0 aliphatic rings. The van der Waals surface area contributed by atoms with Gasteiger partial charge in [0.15, 0.2) is 5.13 Å². The van der Waals surface area contributed by atoms with E-state index < -0.39 is 0 Å². The first-order chi connectivity index (χ1) is 13.5. The number of fused-ring (bicyclic) bond motifs is 1. The van der Waals surface area contributed by atoms with Crippen molar-refractivity contribution in [1.82, 2.24) is 9.88 Å². The number of thiazole rings is 1. The number of aromatic nitrogens is 1. The summed E-state index contributed by atoms with van der Waals surface area (Å²) in [5, 5.41) is 0.786. The SMILES string of the molecule is CCc1cccc2sc(N(CCCN(C)C)C(=O)c3ccc(SC)cc3)nc12.Cl. The molecule has 1 aromatic heterocycles. The smallest absolute Gasteiger partial charge is 0.260 e. The molecule has 0 fully saturated rings. The second kappa shape index (κ2) is 11.0. The van der Waals surface area contributed by atoms with Crippen molar-refractivity contribution in [2.24, 2.45) is 0 Å². The van der Waals surface area contributed by atoms with Gasteiger partial charge in [0.1, 0.15) is 0 Å². The van der Waals surface area contributed by atoms with E-state index in [4.69, 9.17) is 4.98 Å². The number of thioether (sulfide) groups is 1. The first kappa shape index (κ1) is 23.7. The van der Waals surface area contributed by atoms with Gasteiger partial charge >= 0.3 is 0 Å². The normalized spacial score (nSPS) is 10.9. The molecule has 156 valence electrons. The van der Waals surface area contributed by atoms with Crippen LogP contribution in [0.25, 0.3) is 10.2 Å². The lowest BCUT2D eigenvalue weighted by molar-refractivity contribution is 0.0986. The quantitative estimate of drug-likeness (QED) is 0.419. The molecular weight excluding hydrogens is 422 g/mol. The van der Waals surface area contributed by atoms with Crippen LogP contribution in [0, 0.1) is 0 Å². The van der Waals surface area contributed by atoms with E-state index in [9.17, 15) is 4.79 Å². The first-order valence-corrected chi connectivity index (χ1v) is 11.6. The van der Waals surface area contributed by atoms with E-state index >= 15 is 0 Å². The highest BCUT2D eigenvalue weighted by Crippen LogP contribution is 2.32. The molecule has 0 radical (unpaired) electrons. The summed E-state index contributed by atoms with van der Waals surface area (Å²) in [6.07, 6.45) is 3.88. The molecule has 3 rings (SSSR count). The summed E-state index contributed by atoms with van der Waals surface area (Å²) in [7, 11) is 4.11. The van der Waals surface area contributed by atoms with Gasteiger partial charge in [0, 0.05) is 17.0 Å². The number of aryl methyl sites for hydroxylation is 1. The third-order valence-electron chi connectivity index (χ3n) is 4.67. The van der Waals surface area contributed by atoms with Gasteiger partial charge in [-0.15, -0.1) is 24.2 Å². The van der Waals surface area contributed by atoms with Gasteiger partial charge in [-0.25, -0.2) is 4.98 Å². The average Bonchev–Trinajstić information content (AvgIpc) is 3.14. The van der Waals surface area contributed by atoms with E-state index in [1.807, 2.05) is 35.4 Å². The van der Waals surface area contributed by atoms with Crippen molar-refractivity contribution in [1.29, 1.82) is 0 Å². The van der Waals surface area contributed by atoms with Gasteiger partial charge in [-0.2, -0.15) is 0 Å². The number of para-hydroxylation sites is 1. The Balaban J connectivity index is 0.00000300. The average molecular weight is 450 g/mol. The summed E-state index contributed by atoms with van der Waals surface area (Å²) in [5.74, 6) is 0.0171. The molecule has 7 heteroatoms. The Bertz CT molecular complexity index is 941. The van der Waals surface area contributed by atoms with E-state index in [1.54, 1.807) is 23.1 Å². The maximum absolute atomic E-state index is 13.3.